The summed E-state index contributed by atoms with van der Waals surface area (Å²) in [6, 6.07) is 1.54. The zero-order valence-corrected chi connectivity index (χ0v) is 20.7. The van der Waals surface area contributed by atoms with E-state index in [1.165, 1.54) is 12.3 Å². The highest BCUT2D eigenvalue weighted by Gasteiger charge is 2.26. The monoisotopic (exact) mass is 499 g/mol. The number of nitrogens with one attached hydrogen (secondary N) is 3. The van der Waals surface area contributed by atoms with Crippen molar-refractivity contribution in [3.8, 4) is 5.75 Å². The highest BCUT2D eigenvalue weighted by molar-refractivity contribution is 7.91. The fraction of sp³-hybridized carbons (Fsp3) is 0.368. The Hall–Kier alpha value is -2.61. The normalized spacial score (nSPS) is 14.1. The number of aromatic amines is 1. The Labute approximate surface area is 192 Å². The van der Waals surface area contributed by atoms with E-state index in [1.807, 2.05) is 33.8 Å². The maximum absolute atomic E-state index is 12.4. The molecule has 0 saturated heterocycles. The van der Waals surface area contributed by atoms with Crippen molar-refractivity contribution in [1.29, 1.82) is 0 Å². The zero-order valence-electron chi connectivity index (χ0n) is 18.2. The molecule has 3 aromatic rings. The lowest BCUT2D eigenvalue weighted by molar-refractivity contribution is 0.387. The van der Waals surface area contributed by atoms with Crippen molar-refractivity contribution in [3.63, 3.8) is 0 Å². The van der Waals surface area contributed by atoms with Crippen LogP contribution in [0.25, 0.3) is 0 Å². The smallest absolute Gasteiger partial charge is 0.274 e. The van der Waals surface area contributed by atoms with Gasteiger partial charge < -0.3 is 19.4 Å². The van der Waals surface area contributed by atoms with Crippen LogP contribution in [0.5, 0.6) is 5.75 Å². The number of furan rings is 1. The number of nitrogens with zero attached hydrogens (tertiary/aromatic N) is 2. The molecule has 2 atom stereocenters. The summed E-state index contributed by atoms with van der Waals surface area (Å²) in [4.78, 5) is 4.66. The largest absolute Gasteiger partial charge is 0.548 e. The number of aromatic nitrogens is 2. The molecular formula is C19H25N5O5S3. The van der Waals surface area contributed by atoms with Gasteiger partial charge in [-0.3, -0.25) is 4.72 Å². The van der Waals surface area contributed by atoms with Gasteiger partial charge in [-0.1, -0.05) is 20.4 Å². The minimum absolute atomic E-state index is 0.0593. The second kappa shape index (κ2) is 9.10. The Morgan fingerprint density at radius 2 is 2.12 bits per heavy atom. The van der Waals surface area contributed by atoms with Gasteiger partial charge in [0.05, 0.1) is 5.69 Å². The van der Waals surface area contributed by atoms with Crippen LogP contribution in [0.3, 0.4) is 0 Å². The van der Waals surface area contributed by atoms with Crippen molar-refractivity contribution in [2.24, 2.45) is 10.9 Å². The predicted molar refractivity (Wildman–Crippen MR) is 123 cm³/mol. The van der Waals surface area contributed by atoms with E-state index in [2.05, 4.69) is 30.4 Å². The van der Waals surface area contributed by atoms with E-state index in [0.717, 1.165) is 22.7 Å². The molecule has 10 nitrogen and oxygen atoms in total. The Balaban J connectivity index is 2.00. The van der Waals surface area contributed by atoms with E-state index in [9.17, 15) is 18.1 Å². The molecule has 0 radical (unpaired) electrons. The third-order valence-electron chi connectivity index (χ3n) is 4.50. The lowest BCUT2D eigenvalue weighted by Crippen LogP contribution is -2.20. The van der Waals surface area contributed by atoms with Crippen molar-refractivity contribution >= 4 is 44.0 Å². The summed E-state index contributed by atoms with van der Waals surface area (Å²) in [6.45, 7) is 12.8. The van der Waals surface area contributed by atoms with Crippen molar-refractivity contribution in [2.45, 2.75) is 44.9 Å². The maximum Gasteiger partial charge on any atom is 0.274 e. The van der Waals surface area contributed by atoms with Crippen LogP contribution in [-0.4, -0.2) is 26.8 Å². The lowest BCUT2D eigenvalue weighted by Gasteiger charge is -2.13. The van der Waals surface area contributed by atoms with Crippen LogP contribution in [0.4, 0.5) is 11.5 Å². The first-order chi connectivity index (χ1) is 14.9. The molecule has 174 valence electrons. The number of rotatable bonds is 8. The number of thiophene rings is 1. The molecule has 0 aliphatic heterocycles. The van der Waals surface area contributed by atoms with Gasteiger partial charge in [0.15, 0.2) is 21.1 Å². The fourth-order valence-electron chi connectivity index (χ4n) is 2.89. The van der Waals surface area contributed by atoms with Crippen molar-refractivity contribution in [3.05, 3.63) is 46.3 Å². The number of aryl methyl sites for hydroxylation is 2. The van der Waals surface area contributed by atoms with E-state index in [4.69, 9.17) is 4.42 Å². The first-order valence-corrected chi connectivity index (χ1v) is 13.0. The quantitative estimate of drug-likeness (QED) is 0.342. The number of hydrogen-bond acceptors (Lipinski definition) is 9. The van der Waals surface area contributed by atoms with Gasteiger partial charge in [-0.25, -0.2) is 13.4 Å². The Bertz CT molecular complexity index is 1290. The van der Waals surface area contributed by atoms with Crippen LogP contribution in [0.2, 0.25) is 0 Å². The molecule has 32 heavy (non-hydrogen) atoms. The summed E-state index contributed by atoms with van der Waals surface area (Å²) in [7, 11) is -3.97. The Morgan fingerprint density at radius 1 is 1.44 bits per heavy atom. The van der Waals surface area contributed by atoms with Crippen LogP contribution >= 0.6 is 22.5 Å². The number of H-pyrrole nitrogens is 1. The van der Waals surface area contributed by atoms with Gasteiger partial charge in [0.25, 0.3) is 10.0 Å². The van der Waals surface area contributed by atoms with E-state index < -0.39 is 26.9 Å². The van der Waals surface area contributed by atoms with E-state index in [0.29, 0.717) is 5.76 Å². The van der Waals surface area contributed by atoms with Crippen LogP contribution in [0.1, 0.15) is 43.9 Å². The van der Waals surface area contributed by atoms with Gasteiger partial charge in [-0.05, 0) is 38.3 Å². The summed E-state index contributed by atoms with van der Waals surface area (Å²) in [6.07, 6.45) is 0. The predicted octanol–water partition coefficient (Wildman–Crippen LogP) is 3.97. The fourth-order valence-corrected chi connectivity index (χ4v) is 5.86. The molecule has 0 bridgehead atoms. The highest BCUT2D eigenvalue weighted by atomic mass is 32.2. The molecule has 4 N–H and O–H groups in total. The third kappa shape index (κ3) is 5.06. The van der Waals surface area contributed by atoms with Gasteiger partial charge in [0.1, 0.15) is 17.6 Å². The molecule has 0 spiro atoms. The van der Waals surface area contributed by atoms with E-state index >= 15 is 0 Å². The lowest BCUT2D eigenvalue weighted by atomic mass is 10.0. The highest BCUT2D eigenvalue weighted by Crippen LogP contribution is 2.39. The standard InChI is InChI=1S/C19H25N5O5S3/c1-9(2)15(14-7-11(5)12(6)29-14)21-18-17(22-31(26)23-18)20-13-8-30-19(16(13)25)32(27,28)24-10(3)4/h7-9,15,24-25H,3H2,1-2,4-6H3,(H,20,22)(H,21,23)/t15-,31?/m1/s1. The average Bonchev–Trinajstić information content (AvgIpc) is 3.30. The zero-order chi connectivity index (χ0) is 23.8. The topological polar surface area (TPSA) is 156 Å². The minimum Gasteiger partial charge on any atom is -0.548 e. The molecule has 0 saturated carbocycles. The van der Waals surface area contributed by atoms with Crippen molar-refractivity contribution < 1.29 is 22.5 Å². The van der Waals surface area contributed by atoms with E-state index in [1.54, 1.807) is 0 Å². The molecule has 0 fully saturated rings. The molecule has 0 aliphatic carbocycles. The van der Waals surface area contributed by atoms with E-state index in [-0.39, 0.29) is 38.9 Å². The summed E-state index contributed by atoms with van der Waals surface area (Å²) in [5.74, 6) is 1.14. The van der Waals surface area contributed by atoms with Crippen LogP contribution < -0.4 is 15.5 Å². The summed E-state index contributed by atoms with van der Waals surface area (Å²) in [5.41, 5.74) is 1.52. The molecule has 0 aromatic carbocycles. The molecule has 3 rings (SSSR count). The van der Waals surface area contributed by atoms with Gasteiger partial charge in [-0.15, -0.1) is 15.7 Å². The SMILES string of the molecule is C=C(C)NS(=O)(=O)c1scc(Nc2n[s+]([O-])[nH]c2=N[C@@H](c2cc(C)c(C)o2)C(C)C)c1O. The van der Waals surface area contributed by atoms with Gasteiger partial charge in [0.2, 0.25) is 11.3 Å². The number of aromatic hydroxyl groups is 1. The number of anilines is 2. The van der Waals surface area contributed by atoms with Crippen molar-refractivity contribution in [2.75, 3.05) is 5.32 Å². The average molecular weight is 500 g/mol. The molecule has 0 aliphatic rings. The second-order valence-corrected chi connectivity index (χ2v) is 11.3. The minimum atomic E-state index is -3.97. The van der Waals surface area contributed by atoms with Gasteiger partial charge >= 0.3 is 0 Å². The summed E-state index contributed by atoms with van der Waals surface area (Å²) < 4.78 is 51.2. The molecule has 3 aromatic heterocycles. The Morgan fingerprint density at radius 3 is 2.69 bits per heavy atom. The molecule has 1 unspecified atom stereocenters. The van der Waals surface area contributed by atoms with Crippen LogP contribution in [0, 0.1) is 19.8 Å². The van der Waals surface area contributed by atoms with Gasteiger partial charge in [-0.2, -0.15) is 0 Å². The van der Waals surface area contributed by atoms with Crippen LogP contribution in [-0.2, 0) is 10.0 Å². The maximum atomic E-state index is 12.4. The number of hydrogen-bond donors (Lipinski definition) is 4. The Kier molecular flexibility index (Phi) is 6.83. The first kappa shape index (κ1) is 24.0. The molecule has 0 amide bonds. The molecular weight excluding hydrogens is 474 g/mol. The summed E-state index contributed by atoms with van der Waals surface area (Å²) >= 11 is -0.953. The number of allylic oxidation sites excluding steroid dienone is 1. The second-order valence-electron chi connectivity index (χ2n) is 7.64. The first-order valence-electron chi connectivity index (χ1n) is 9.57. The molecule has 3 heterocycles. The third-order valence-corrected chi connectivity index (χ3v) is 8.22. The molecule has 13 heteroatoms. The van der Waals surface area contributed by atoms with Crippen molar-refractivity contribution in [1.82, 2.24) is 13.5 Å². The van der Waals surface area contributed by atoms with Crippen LogP contribution in [0.15, 0.2) is 37.3 Å². The van der Waals surface area contributed by atoms with Gasteiger partial charge in [0, 0.05) is 15.5 Å². The number of sulfonamides is 1. The summed E-state index contributed by atoms with van der Waals surface area (Å²) in [5, 5.41) is 14.7.